The van der Waals surface area contributed by atoms with Crippen LogP contribution < -0.4 is 16.6 Å². The summed E-state index contributed by atoms with van der Waals surface area (Å²) in [6.45, 7) is 2.92. The number of nitrogen functional groups attached to an aromatic ring is 1. The Morgan fingerprint density at radius 3 is 3.21 bits per heavy atom. The summed E-state index contributed by atoms with van der Waals surface area (Å²) < 4.78 is 5.57. The van der Waals surface area contributed by atoms with E-state index in [9.17, 15) is 4.79 Å². The first-order valence-electron chi connectivity index (χ1n) is 6.21. The van der Waals surface area contributed by atoms with Crippen molar-refractivity contribution in [3.8, 4) is 0 Å². The number of hydrogen-bond acceptors (Lipinski definition) is 6. The average Bonchev–Trinajstić information content (AvgIpc) is 2.45. The van der Waals surface area contributed by atoms with Crippen molar-refractivity contribution < 1.29 is 9.53 Å². The number of anilines is 1. The van der Waals surface area contributed by atoms with Gasteiger partial charge in [-0.3, -0.25) is 4.79 Å². The molecule has 7 nitrogen and oxygen atoms in total. The highest BCUT2D eigenvalue weighted by molar-refractivity contribution is 5.92. The molecule has 1 atom stereocenters. The number of hydrazine groups is 1. The summed E-state index contributed by atoms with van der Waals surface area (Å²) in [5.74, 6) is 5.49. The lowest BCUT2D eigenvalue weighted by Gasteiger charge is -2.30. The van der Waals surface area contributed by atoms with Gasteiger partial charge in [0.1, 0.15) is 11.5 Å². The Labute approximate surface area is 112 Å². The molecule has 1 unspecified atom stereocenters. The molecule has 7 heteroatoms. The molecule has 1 amide bonds. The fourth-order valence-corrected chi connectivity index (χ4v) is 1.93. The standard InChI is InChI=1S/C12H19N5O2/c1-17-5-6-19-9(8-17)7-14-12(18)10-3-2-4-11(15-10)16-13/h2-4,9H,5-8,13H2,1H3,(H,14,18)(H,15,16). The fourth-order valence-electron chi connectivity index (χ4n) is 1.93. The molecule has 0 aromatic carbocycles. The lowest BCUT2D eigenvalue weighted by Crippen LogP contribution is -2.46. The van der Waals surface area contributed by atoms with E-state index in [4.69, 9.17) is 10.6 Å². The number of aromatic nitrogens is 1. The third kappa shape index (κ3) is 3.88. The Kier molecular flexibility index (Phi) is 4.67. The number of nitrogens with zero attached hydrogens (tertiary/aromatic N) is 2. The minimum atomic E-state index is -0.228. The monoisotopic (exact) mass is 265 g/mol. The van der Waals surface area contributed by atoms with Crippen LogP contribution in [0.1, 0.15) is 10.5 Å². The summed E-state index contributed by atoms with van der Waals surface area (Å²) in [6.07, 6.45) is 0.0264. The molecule has 0 bridgehead atoms. The van der Waals surface area contributed by atoms with Gasteiger partial charge in [0, 0.05) is 19.6 Å². The minimum absolute atomic E-state index is 0.0264. The van der Waals surface area contributed by atoms with Gasteiger partial charge in [-0.15, -0.1) is 0 Å². The molecule has 1 aliphatic rings. The van der Waals surface area contributed by atoms with E-state index in [0.29, 0.717) is 24.7 Å². The predicted octanol–water partition coefficient (Wildman–Crippen LogP) is -0.572. The molecule has 2 heterocycles. The molecule has 0 radical (unpaired) electrons. The van der Waals surface area contributed by atoms with Crippen LogP contribution in [0.4, 0.5) is 5.82 Å². The Morgan fingerprint density at radius 2 is 2.47 bits per heavy atom. The maximum atomic E-state index is 11.9. The van der Waals surface area contributed by atoms with Crippen LogP contribution in [-0.4, -0.2) is 55.2 Å². The lowest BCUT2D eigenvalue weighted by molar-refractivity contribution is -0.0175. The first-order valence-corrected chi connectivity index (χ1v) is 6.21. The van der Waals surface area contributed by atoms with Crippen LogP contribution in [0.15, 0.2) is 18.2 Å². The Balaban J connectivity index is 1.86. The molecule has 4 N–H and O–H groups in total. The van der Waals surface area contributed by atoms with Gasteiger partial charge in [0.2, 0.25) is 0 Å². The van der Waals surface area contributed by atoms with Crippen LogP contribution in [0.5, 0.6) is 0 Å². The number of likely N-dealkylation sites (N-methyl/N-ethyl adjacent to an activating group) is 1. The van der Waals surface area contributed by atoms with Crippen molar-refractivity contribution in [2.75, 3.05) is 38.7 Å². The number of hydrogen-bond donors (Lipinski definition) is 3. The Hall–Kier alpha value is -1.70. The number of nitrogens with two attached hydrogens (primary N) is 1. The normalized spacial score (nSPS) is 20.0. The summed E-state index contributed by atoms with van der Waals surface area (Å²) in [6, 6.07) is 5.06. The molecular weight excluding hydrogens is 246 g/mol. The van der Waals surface area contributed by atoms with Gasteiger partial charge in [0.25, 0.3) is 5.91 Å². The molecule has 2 rings (SSSR count). The first kappa shape index (κ1) is 13.7. The third-order valence-electron chi connectivity index (χ3n) is 2.96. The van der Waals surface area contributed by atoms with E-state index in [1.807, 2.05) is 7.05 Å². The predicted molar refractivity (Wildman–Crippen MR) is 71.6 cm³/mol. The quantitative estimate of drug-likeness (QED) is 0.498. The average molecular weight is 265 g/mol. The summed E-state index contributed by atoms with van der Waals surface area (Å²) in [5, 5.41) is 2.82. The van der Waals surface area contributed by atoms with Crippen molar-refractivity contribution in [2.24, 2.45) is 5.84 Å². The Morgan fingerprint density at radius 1 is 1.63 bits per heavy atom. The molecule has 1 aliphatic heterocycles. The van der Waals surface area contributed by atoms with Crippen molar-refractivity contribution in [2.45, 2.75) is 6.10 Å². The van der Waals surface area contributed by atoms with Gasteiger partial charge in [0.15, 0.2) is 0 Å². The van der Waals surface area contributed by atoms with Gasteiger partial charge in [-0.25, -0.2) is 10.8 Å². The second-order valence-corrected chi connectivity index (χ2v) is 4.52. The van der Waals surface area contributed by atoms with Gasteiger partial charge >= 0.3 is 0 Å². The molecule has 1 aromatic rings. The molecule has 0 saturated carbocycles. The second kappa shape index (κ2) is 6.46. The van der Waals surface area contributed by atoms with E-state index in [1.54, 1.807) is 18.2 Å². The van der Waals surface area contributed by atoms with Crippen molar-refractivity contribution >= 4 is 11.7 Å². The molecule has 1 saturated heterocycles. The van der Waals surface area contributed by atoms with Crippen molar-refractivity contribution in [1.29, 1.82) is 0 Å². The lowest BCUT2D eigenvalue weighted by atomic mass is 10.2. The molecule has 1 fully saturated rings. The van der Waals surface area contributed by atoms with E-state index < -0.39 is 0 Å². The van der Waals surface area contributed by atoms with Gasteiger partial charge in [-0.05, 0) is 19.2 Å². The molecule has 0 aliphatic carbocycles. The van der Waals surface area contributed by atoms with Crippen molar-refractivity contribution in [3.05, 3.63) is 23.9 Å². The van der Waals surface area contributed by atoms with E-state index in [2.05, 4.69) is 20.6 Å². The van der Waals surface area contributed by atoms with E-state index in [-0.39, 0.29) is 12.0 Å². The van der Waals surface area contributed by atoms with E-state index in [1.165, 1.54) is 0 Å². The number of amides is 1. The minimum Gasteiger partial charge on any atom is -0.374 e. The van der Waals surface area contributed by atoms with Gasteiger partial charge < -0.3 is 20.4 Å². The summed E-state index contributed by atoms with van der Waals surface area (Å²) in [7, 11) is 2.04. The highest BCUT2D eigenvalue weighted by Gasteiger charge is 2.18. The highest BCUT2D eigenvalue weighted by Crippen LogP contribution is 2.04. The van der Waals surface area contributed by atoms with Crippen LogP contribution in [0.25, 0.3) is 0 Å². The van der Waals surface area contributed by atoms with Gasteiger partial charge in [-0.1, -0.05) is 6.07 Å². The summed E-state index contributed by atoms with van der Waals surface area (Å²) >= 11 is 0. The number of rotatable bonds is 4. The number of nitrogens with one attached hydrogen (secondary N) is 2. The molecule has 104 valence electrons. The number of ether oxygens (including phenoxy) is 1. The Bertz CT molecular complexity index is 440. The zero-order valence-electron chi connectivity index (χ0n) is 10.9. The number of morpholine rings is 1. The van der Waals surface area contributed by atoms with Crippen LogP contribution in [0, 0.1) is 0 Å². The zero-order chi connectivity index (χ0) is 13.7. The topological polar surface area (TPSA) is 92.5 Å². The number of carbonyl (C=O) groups excluding carboxylic acids is 1. The number of pyridine rings is 1. The molecule has 0 spiro atoms. The molecular formula is C12H19N5O2. The van der Waals surface area contributed by atoms with E-state index in [0.717, 1.165) is 13.1 Å². The van der Waals surface area contributed by atoms with Crippen LogP contribution in [0.2, 0.25) is 0 Å². The van der Waals surface area contributed by atoms with Crippen LogP contribution >= 0.6 is 0 Å². The maximum Gasteiger partial charge on any atom is 0.270 e. The zero-order valence-corrected chi connectivity index (χ0v) is 10.9. The van der Waals surface area contributed by atoms with E-state index >= 15 is 0 Å². The largest absolute Gasteiger partial charge is 0.374 e. The van der Waals surface area contributed by atoms with Crippen LogP contribution in [0.3, 0.4) is 0 Å². The number of carbonyl (C=O) groups is 1. The maximum absolute atomic E-state index is 11.9. The van der Waals surface area contributed by atoms with Crippen LogP contribution in [-0.2, 0) is 4.74 Å². The van der Waals surface area contributed by atoms with Gasteiger partial charge in [-0.2, -0.15) is 0 Å². The fraction of sp³-hybridized carbons (Fsp3) is 0.500. The van der Waals surface area contributed by atoms with Crippen molar-refractivity contribution in [3.63, 3.8) is 0 Å². The second-order valence-electron chi connectivity index (χ2n) is 4.52. The molecule has 1 aromatic heterocycles. The smallest absolute Gasteiger partial charge is 0.270 e. The molecule has 19 heavy (non-hydrogen) atoms. The summed E-state index contributed by atoms with van der Waals surface area (Å²) in [4.78, 5) is 18.2. The highest BCUT2D eigenvalue weighted by atomic mass is 16.5. The third-order valence-corrected chi connectivity index (χ3v) is 2.96. The van der Waals surface area contributed by atoms with Gasteiger partial charge in [0.05, 0.1) is 12.7 Å². The SMILES string of the molecule is CN1CCOC(CNC(=O)c2cccc(NN)n2)C1. The summed E-state index contributed by atoms with van der Waals surface area (Å²) in [5.41, 5.74) is 2.74. The first-order chi connectivity index (χ1) is 9.19. The van der Waals surface area contributed by atoms with Crippen molar-refractivity contribution in [1.82, 2.24) is 15.2 Å².